The van der Waals surface area contributed by atoms with Gasteiger partial charge in [-0.2, -0.15) is 0 Å². The van der Waals surface area contributed by atoms with E-state index in [2.05, 4.69) is 23.7 Å². The Morgan fingerprint density at radius 1 is 1.57 bits per heavy atom. The summed E-state index contributed by atoms with van der Waals surface area (Å²) in [4.78, 5) is 17.0. The topological polar surface area (TPSA) is 64.2 Å². The van der Waals surface area contributed by atoms with Crippen LogP contribution < -0.4 is 5.73 Å². The number of primary amides is 1. The Kier molecular flexibility index (Phi) is 3.64. The summed E-state index contributed by atoms with van der Waals surface area (Å²) < 4.78 is 1.76. The molecule has 0 fully saturated rings. The molecule has 1 rings (SSSR count). The lowest BCUT2D eigenvalue weighted by atomic mass is 10.5. The Morgan fingerprint density at radius 3 is 2.71 bits per heavy atom. The third-order valence-corrected chi connectivity index (χ3v) is 2.18. The van der Waals surface area contributed by atoms with Crippen LogP contribution in [-0.2, 0) is 6.67 Å². The van der Waals surface area contributed by atoms with Crippen LogP contribution in [0.2, 0.25) is 0 Å². The first-order valence-corrected chi connectivity index (χ1v) is 4.72. The molecule has 0 atom stereocenters. The van der Waals surface area contributed by atoms with E-state index in [1.165, 1.54) is 0 Å². The highest BCUT2D eigenvalue weighted by Crippen LogP contribution is 1.99. The summed E-state index contributed by atoms with van der Waals surface area (Å²) in [7, 11) is 0. The fourth-order valence-electron chi connectivity index (χ4n) is 1.29. The van der Waals surface area contributed by atoms with Crippen LogP contribution in [0.5, 0.6) is 0 Å². The van der Waals surface area contributed by atoms with E-state index in [-0.39, 0.29) is 0 Å². The van der Waals surface area contributed by atoms with Crippen molar-refractivity contribution in [3.63, 3.8) is 0 Å². The number of hydrogen-bond acceptors (Lipinski definition) is 3. The molecule has 1 amide bonds. The van der Waals surface area contributed by atoms with Crippen molar-refractivity contribution >= 4 is 5.91 Å². The van der Waals surface area contributed by atoms with Gasteiger partial charge in [-0.15, -0.1) is 0 Å². The van der Waals surface area contributed by atoms with E-state index in [0.29, 0.717) is 12.5 Å². The zero-order valence-corrected chi connectivity index (χ0v) is 8.60. The molecule has 0 aliphatic rings. The fourth-order valence-corrected chi connectivity index (χ4v) is 1.29. The van der Waals surface area contributed by atoms with Crippen molar-refractivity contribution in [2.24, 2.45) is 5.73 Å². The molecule has 0 bridgehead atoms. The summed E-state index contributed by atoms with van der Waals surface area (Å²) >= 11 is 0. The van der Waals surface area contributed by atoms with Crippen LogP contribution in [0.3, 0.4) is 0 Å². The van der Waals surface area contributed by atoms with Crippen LogP contribution in [-0.4, -0.2) is 33.4 Å². The minimum atomic E-state index is -0.484. The predicted octanol–water partition coefficient (Wildman–Crippen LogP) is 0.281. The maximum atomic E-state index is 11.0. The lowest BCUT2D eigenvalue weighted by Crippen LogP contribution is -2.28. The van der Waals surface area contributed by atoms with Crippen molar-refractivity contribution in [1.82, 2.24) is 14.5 Å². The van der Waals surface area contributed by atoms with E-state index in [1.807, 2.05) is 0 Å². The second kappa shape index (κ2) is 4.76. The number of carbonyl (C=O) groups is 1. The molecule has 1 aromatic rings. The normalized spacial score (nSPS) is 10.8. The highest BCUT2D eigenvalue weighted by molar-refractivity contribution is 5.89. The molecule has 0 aliphatic heterocycles. The van der Waals surface area contributed by atoms with Crippen molar-refractivity contribution in [1.29, 1.82) is 0 Å². The van der Waals surface area contributed by atoms with Crippen molar-refractivity contribution in [3.8, 4) is 0 Å². The summed E-state index contributed by atoms with van der Waals surface area (Å²) in [6, 6.07) is 0. The molecule has 1 heterocycles. The molecule has 14 heavy (non-hydrogen) atoms. The number of nitrogens with zero attached hydrogens (tertiary/aromatic N) is 3. The van der Waals surface area contributed by atoms with Gasteiger partial charge in [0.25, 0.3) is 5.91 Å². The van der Waals surface area contributed by atoms with Gasteiger partial charge in [0.15, 0.2) is 5.82 Å². The summed E-state index contributed by atoms with van der Waals surface area (Å²) in [5, 5.41) is 0. The minimum absolute atomic E-state index is 0.317. The average Bonchev–Trinajstić information content (AvgIpc) is 2.62. The third-order valence-electron chi connectivity index (χ3n) is 2.18. The van der Waals surface area contributed by atoms with E-state index in [9.17, 15) is 4.79 Å². The zero-order chi connectivity index (χ0) is 10.6. The lowest BCUT2D eigenvalue weighted by Gasteiger charge is -2.19. The van der Waals surface area contributed by atoms with Crippen molar-refractivity contribution in [3.05, 3.63) is 18.2 Å². The highest BCUT2D eigenvalue weighted by atomic mass is 16.1. The molecule has 0 aromatic carbocycles. The summed E-state index contributed by atoms with van der Waals surface area (Å²) in [6.45, 7) is 6.68. The van der Waals surface area contributed by atoms with Gasteiger partial charge in [-0.05, 0) is 13.1 Å². The maximum Gasteiger partial charge on any atom is 0.284 e. The van der Waals surface area contributed by atoms with Gasteiger partial charge in [0.2, 0.25) is 0 Å². The monoisotopic (exact) mass is 196 g/mol. The standard InChI is InChI=1S/C9H16N4O/c1-3-12(4-2)7-13-6-5-11-9(13)8(10)14/h5-6H,3-4,7H2,1-2H3,(H2,10,14). The number of amides is 1. The van der Waals surface area contributed by atoms with E-state index in [1.54, 1.807) is 17.0 Å². The van der Waals surface area contributed by atoms with Crippen LogP contribution in [0.25, 0.3) is 0 Å². The molecule has 5 nitrogen and oxygen atoms in total. The summed E-state index contributed by atoms with van der Waals surface area (Å²) in [5.74, 6) is -0.168. The largest absolute Gasteiger partial charge is 0.363 e. The fraction of sp³-hybridized carbons (Fsp3) is 0.556. The number of nitrogens with two attached hydrogens (primary N) is 1. The van der Waals surface area contributed by atoms with E-state index in [0.717, 1.165) is 13.1 Å². The first-order valence-electron chi connectivity index (χ1n) is 4.72. The van der Waals surface area contributed by atoms with Gasteiger partial charge in [0.1, 0.15) is 0 Å². The zero-order valence-electron chi connectivity index (χ0n) is 8.60. The molecule has 0 saturated carbocycles. The minimum Gasteiger partial charge on any atom is -0.363 e. The Morgan fingerprint density at radius 2 is 2.21 bits per heavy atom. The highest BCUT2D eigenvalue weighted by Gasteiger charge is 2.09. The van der Waals surface area contributed by atoms with E-state index >= 15 is 0 Å². The molecule has 0 saturated heterocycles. The van der Waals surface area contributed by atoms with Gasteiger partial charge in [-0.25, -0.2) is 4.98 Å². The Balaban J connectivity index is 2.75. The molecule has 0 spiro atoms. The average molecular weight is 196 g/mol. The Labute approximate surface area is 83.5 Å². The Bertz CT molecular complexity index is 304. The summed E-state index contributed by atoms with van der Waals surface area (Å²) in [6.07, 6.45) is 3.35. The van der Waals surface area contributed by atoms with Crippen molar-refractivity contribution in [2.45, 2.75) is 20.5 Å². The first-order chi connectivity index (χ1) is 6.69. The van der Waals surface area contributed by atoms with Gasteiger partial charge < -0.3 is 10.3 Å². The second-order valence-electron chi connectivity index (χ2n) is 3.03. The molecule has 1 aromatic heterocycles. The number of aromatic nitrogens is 2. The van der Waals surface area contributed by atoms with Crippen LogP contribution in [0.1, 0.15) is 24.5 Å². The number of rotatable bonds is 5. The van der Waals surface area contributed by atoms with Crippen molar-refractivity contribution < 1.29 is 4.79 Å². The molecule has 78 valence electrons. The van der Waals surface area contributed by atoms with Gasteiger partial charge in [0.05, 0.1) is 6.67 Å². The second-order valence-corrected chi connectivity index (χ2v) is 3.03. The molecule has 0 aliphatic carbocycles. The molecular formula is C9H16N4O. The van der Waals surface area contributed by atoms with Gasteiger partial charge in [-0.1, -0.05) is 13.8 Å². The van der Waals surface area contributed by atoms with E-state index in [4.69, 9.17) is 5.73 Å². The number of carbonyl (C=O) groups excluding carboxylic acids is 1. The van der Waals surface area contributed by atoms with Gasteiger partial charge in [-0.3, -0.25) is 9.69 Å². The predicted molar refractivity (Wildman–Crippen MR) is 53.7 cm³/mol. The van der Waals surface area contributed by atoms with Gasteiger partial charge in [0, 0.05) is 12.4 Å². The van der Waals surface area contributed by atoms with Crippen LogP contribution in [0.15, 0.2) is 12.4 Å². The van der Waals surface area contributed by atoms with Crippen LogP contribution in [0.4, 0.5) is 0 Å². The Hall–Kier alpha value is -1.36. The molecule has 2 N–H and O–H groups in total. The molecule has 5 heteroatoms. The maximum absolute atomic E-state index is 11.0. The van der Waals surface area contributed by atoms with Gasteiger partial charge >= 0.3 is 0 Å². The van der Waals surface area contributed by atoms with E-state index < -0.39 is 5.91 Å². The van der Waals surface area contributed by atoms with Crippen LogP contribution in [0, 0.1) is 0 Å². The van der Waals surface area contributed by atoms with Crippen LogP contribution >= 0.6 is 0 Å². The smallest absolute Gasteiger partial charge is 0.284 e. The third kappa shape index (κ3) is 2.32. The molecule has 0 radical (unpaired) electrons. The molecule has 0 unspecified atom stereocenters. The quantitative estimate of drug-likeness (QED) is 0.735. The van der Waals surface area contributed by atoms with Crippen molar-refractivity contribution in [2.75, 3.05) is 13.1 Å². The SMILES string of the molecule is CCN(CC)Cn1ccnc1C(N)=O. The first kappa shape index (κ1) is 10.7. The molecular weight excluding hydrogens is 180 g/mol. The number of hydrogen-bond donors (Lipinski definition) is 1. The lowest BCUT2D eigenvalue weighted by molar-refractivity contribution is 0.0980. The summed E-state index contributed by atoms with van der Waals surface area (Å²) in [5.41, 5.74) is 5.18. The number of imidazole rings is 1.